The van der Waals surface area contributed by atoms with E-state index >= 15 is 0 Å². The van der Waals surface area contributed by atoms with Gasteiger partial charge < -0.3 is 15.8 Å². The van der Waals surface area contributed by atoms with Crippen LogP contribution >= 0.6 is 0 Å². The van der Waals surface area contributed by atoms with E-state index in [9.17, 15) is 4.79 Å². The average molecular weight is 319 g/mol. The van der Waals surface area contributed by atoms with Crippen LogP contribution in [0.15, 0.2) is 30.3 Å². The Balaban J connectivity index is 1.58. The lowest BCUT2D eigenvalue weighted by molar-refractivity contribution is 0.129. The number of rotatable bonds is 8. The highest BCUT2D eigenvalue weighted by atomic mass is 16.5. The molecule has 1 aliphatic heterocycles. The van der Waals surface area contributed by atoms with Gasteiger partial charge in [-0.05, 0) is 44.2 Å². The molecule has 0 aromatic heterocycles. The Bertz CT molecular complexity index is 445. The molecular formula is C18H29N3O2. The molecule has 0 aliphatic carbocycles. The van der Waals surface area contributed by atoms with Crippen molar-refractivity contribution >= 4 is 6.09 Å². The third kappa shape index (κ3) is 7.01. The zero-order chi connectivity index (χ0) is 16.3. The van der Waals surface area contributed by atoms with Crippen LogP contribution in [0, 0.1) is 0 Å². The van der Waals surface area contributed by atoms with Gasteiger partial charge in [0.25, 0.3) is 0 Å². The highest BCUT2D eigenvalue weighted by Crippen LogP contribution is 2.14. The van der Waals surface area contributed by atoms with Crippen molar-refractivity contribution in [3.8, 4) is 0 Å². The van der Waals surface area contributed by atoms with Crippen molar-refractivity contribution in [3.05, 3.63) is 35.9 Å². The topological polar surface area (TPSA) is 67.6 Å². The van der Waals surface area contributed by atoms with Crippen LogP contribution in [-0.4, -0.2) is 43.3 Å². The number of carbonyl (C=O) groups excluding carboxylic acids is 1. The second kappa shape index (κ2) is 10.2. The number of nitrogens with two attached hydrogens (primary N) is 1. The molecular weight excluding hydrogens is 290 g/mol. The smallest absolute Gasteiger partial charge is 0.407 e. The fourth-order valence-electron chi connectivity index (χ4n) is 2.87. The van der Waals surface area contributed by atoms with Crippen LogP contribution in [0.3, 0.4) is 0 Å². The molecule has 0 bridgehead atoms. The van der Waals surface area contributed by atoms with Crippen molar-refractivity contribution in [2.24, 2.45) is 5.73 Å². The number of likely N-dealkylation sites (tertiary alicyclic amines) is 1. The van der Waals surface area contributed by atoms with Crippen LogP contribution in [0.4, 0.5) is 4.79 Å². The van der Waals surface area contributed by atoms with Gasteiger partial charge >= 0.3 is 6.09 Å². The molecule has 128 valence electrons. The molecule has 0 radical (unpaired) electrons. The molecule has 0 spiro atoms. The molecule has 5 heteroatoms. The van der Waals surface area contributed by atoms with Crippen molar-refractivity contribution < 1.29 is 9.53 Å². The summed E-state index contributed by atoms with van der Waals surface area (Å²) in [6.07, 6.45) is 4.58. The lowest BCUT2D eigenvalue weighted by atomic mass is 10.0. The second-order valence-corrected chi connectivity index (χ2v) is 6.17. The molecule has 0 saturated carbocycles. The maximum Gasteiger partial charge on any atom is 0.407 e. The monoisotopic (exact) mass is 319 g/mol. The minimum absolute atomic E-state index is 0.235. The Hall–Kier alpha value is -1.59. The third-order valence-electron chi connectivity index (χ3n) is 4.24. The van der Waals surface area contributed by atoms with Gasteiger partial charge in [-0.25, -0.2) is 4.79 Å². The zero-order valence-electron chi connectivity index (χ0n) is 13.9. The lowest BCUT2D eigenvalue weighted by Gasteiger charge is -2.32. The van der Waals surface area contributed by atoms with E-state index in [0.717, 1.165) is 51.7 Å². The van der Waals surface area contributed by atoms with Gasteiger partial charge in [-0.3, -0.25) is 4.90 Å². The first-order chi connectivity index (χ1) is 11.3. The van der Waals surface area contributed by atoms with Crippen LogP contribution in [-0.2, 0) is 11.3 Å². The Kier molecular flexibility index (Phi) is 7.90. The summed E-state index contributed by atoms with van der Waals surface area (Å²) in [5.74, 6) is 0. The molecule has 1 heterocycles. The Morgan fingerprint density at radius 3 is 2.61 bits per heavy atom. The van der Waals surface area contributed by atoms with Crippen LogP contribution < -0.4 is 11.1 Å². The van der Waals surface area contributed by atoms with E-state index in [1.54, 1.807) is 0 Å². The van der Waals surface area contributed by atoms with Gasteiger partial charge in [0, 0.05) is 25.7 Å². The van der Waals surface area contributed by atoms with Gasteiger partial charge in [0.05, 0.1) is 6.61 Å². The Morgan fingerprint density at radius 2 is 1.91 bits per heavy atom. The number of benzene rings is 1. The first kappa shape index (κ1) is 17.8. The average Bonchev–Trinajstić information content (AvgIpc) is 2.57. The molecule has 1 aliphatic rings. The van der Waals surface area contributed by atoms with Crippen molar-refractivity contribution in [2.45, 2.75) is 44.7 Å². The molecule has 23 heavy (non-hydrogen) atoms. The molecule has 1 amide bonds. The maximum atomic E-state index is 11.7. The van der Waals surface area contributed by atoms with Gasteiger partial charge in [-0.2, -0.15) is 0 Å². The van der Waals surface area contributed by atoms with E-state index in [1.807, 2.05) is 6.07 Å². The quantitative estimate of drug-likeness (QED) is 0.723. The van der Waals surface area contributed by atoms with E-state index in [-0.39, 0.29) is 12.1 Å². The number of alkyl carbamates (subject to hydrolysis) is 1. The number of ether oxygens (including phenoxy) is 1. The summed E-state index contributed by atoms with van der Waals surface area (Å²) >= 11 is 0. The molecule has 1 aromatic rings. The summed E-state index contributed by atoms with van der Waals surface area (Å²) in [7, 11) is 0. The largest absolute Gasteiger partial charge is 0.450 e. The summed E-state index contributed by atoms with van der Waals surface area (Å²) < 4.78 is 5.21. The summed E-state index contributed by atoms with van der Waals surface area (Å²) in [6.45, 7) is 4.19. The number of piperidine rings is 1. The van der Waals surface area contributed by atoms with Crippen molar-refractivity contribution in [2.75, 3.05) is 26.2 Å². The number of nitrogens with one attached hydrogen (secondary N) is 1. The van der Waals surface area contributed by atoms with Gasteiger partial charge in [-0.15, -0.1) is 0 Å². The second-order valence-electron chi connectivity index (χ2n) is 6.17. The third-order valence-corrected chi connectivity index (χ3v) is 4.24. The highest BCUT2D eigenvalue weighted by molar-refractivity contribution is 5.67. The van der Waals surface area contributed by atoms with Crippen molar-refractivity contribution in [3.63, 3.8) is 0 Å². The summed E-state index contributed by atoms with van der Waals surface area (Å²) in [5, 5.41) is 2.98. The maximum absolute atomic E-state index is 11.7. The number of hydrogen-bond acceptors (Lipinski definition) is 4. The first-order valence-corrected chi connectivity index (χ1v) is 8.67. The number of carbonyl (C=O) groups is 1. The molecule has 0 atom stereocenters. The van der Waals surface area contributed by atoms with E-state index in [4.69, 9.17) is 10.5 Å². The van der Waals surface area contributed by atoms with E-state index in [0.29, 0.717) is 13.2 Å². The number of amides is 1. The van der Waals surface area contributed by atoms with Crippen LogP contribution in [0.2, 0.25) is 0 Å². The Morgan fingerprint density at radius 1 is 1.17 bits per heavy atom. The standard InChI is InChI=1S/C18H29N3O2/c19-11-5-2-6-14-23-18(22)20-17-9-12-21(13-10-17)15-16-7-3-1-4-8-16/h1,3-4,7-8,17H,2,5-6,9-15,19H2,(H,20,22). The molecule has 3 N–H and O–H groups in total. The summed E-state index contributed by atoms with van der Waals surface area (Å²) in [6, 6.07) is 10.7. The molecule has 5 nitrogen and oxygen atoms in total. The van der Waals surface area contributed by atoms with E-state index in [1.165, 1.54) is 5.56 Å². The zero-order valence-corrected chi connectivity index (χ0v) is 13.9. The van der Waals surface area contributed by atoms with E-state index in [2.05, 4.69) is 34.5 Å². The lowest BCUT2D eigenvalue weighted by Crippen LogP contribution is -2.44. The normalized spacial score (nSPS) is 16.2. The van der Waals surface area contributed by atoms with Crippen LogP contribution in [0.5, 0.6) is 0 Å². The Labute approximate surface area is 139 Å². The predicted molar refractivity (Wildman–Crippen MR) is 92.1 cm³/mol. The van der Waals surface area contributed by atoms with Gasteiger partial charge in [-0.1, -0.05) is 30.3 Å². The molecule has 0 unspecified atom stereocenters. The predicted octanol–water partition coefficient (Wildman–Crippen LogP) is 2.51. The molecule has 1 aromatic carbocycles. The van der Waals surface area contributed by atoms with Crippen LogP contribution in [0.1, 0.15) is 37.7 Å². The fraction of sp³-hybridized carbons (Fsp3) is 0.611. The summed E-state index contributed by atoms with van der Waals surface area (Å²) in [4.78, 5) is 14.2. The van der Waals surface area contributed by atoms with Crippen LogP contribution in [0.25, 0.3) is 0 Å². The molecule has 2 rings (SSSR count). The number of unbranched alkanes of at least 4 members (excludes halogenated alkanes) is 2. The number of nitrogens with zero attached hydrogens (tertiary/aromatic N) is 1. The fourth-order valence-corrected chi connectivity index (χ4v) is 2.87. The van der Waals surface area contributed by atoms with Gasteiger partial charge in [0.2, 0.25) is 0 Å². The SMILES string of the molecule is NCCCCCOC(=O)NC1CCN(Cc2ccccc2)CC1. The first-order valence-electron chi connectivity index (χ1n) is 8.67. The number of hydrogen-bond donors (Lipinski definition) is 2. The molecule has 1 fully saturated rings. The summed E-state index contributed by atoms with van der Waals surface area (Å²) in [5.41, 5.74) is 6.77. The van der Waals surface area contributed by atoms with E-state index < -0.39 is 0 Å². The minimum atomic E-state index is -0.278. The minimum Gasteiger partial charge on any atom is -0.450 e. The van der Waals surface area contributed by atoms with Gasteiger partial charge in [0.15, 0.2) is 0 Å². The highest BCUT2D eigenvalue weighted by Gasteiger charge is 2.21. The van der Waals surface area contributed by atoms with Crippen molar-refractivity contribution in [1.82, 2.24) is 10.2 Å². The van der Waals surface area contributed by atoms with Gasteiger partial charge in [0.1, 0.15) is 0 Å². The van der Waals surface area contributed by atoms with Crippen molar-refractivity contribution in [1.29, 1.82) is 0 Å². The molecule has 1 saturated heterocycles.